The van der Waals surface area contributed by atoms with Crippen LogP contribution in [-0.2, 0) is 14.8 Å². The van der Waals surface area contributed by atoms with E-state index in [1.54, 1.807) is 28.6 Å². The summed E-state index contributed by atoms with van der Waals surface area (Å²) in [5, 5.41) is 9.38. The van der Waals surface area contributed by atoms with Crippen LogP contribution in [0.15, 0.2) is 29.2 Å². The van der Waals surface area contributed by atoms with Gasteiger partial charge < -0.3 is 16.0 Å². The van der Waals surface area contributed by atoms with Crippen LogP contribution in [-0.4, -0.2) is 57.9 Å². The smallest absolute Gasteiger partial charge is 0.243 e. The number of carbonyl (C=O) groups is 1. The van der Waals surface area contributed by atoms with Crippen LogP contribution in [0.2, 0.25) is 0 Å². The van der Waals surface area contributed by atoms with E-state index in [2.05, 4.69) is 22.9 Å². The largest absolute Gasteiger partial charge is 0.325 e. The zero-order valence-electron chi connectivity index (χ0n) is 17.3. The van der Waals surface area contributed by atoms with Gasteiger partial charge in [0.15, 0.2) is 0 Å². The van der Waals surface area contributed by atoms with Gasteiger partial charge in [-0.2, -0.15) is 4.31 Å². The minimum Gasteiger partial charge on any atom is -0.325 e. The van der Waals surface area contributed by atoms with E-state index >= 15 is 0 Å². The van der Waals surface area contributed by atoms with Crippen molar-refractivity contribution in [1.29, 1.82) is 0 Å². The predicted molar refractivity (Wildman–Crippen MR) is 115 cm³/mol. The molecule has 3 N–H and O–H groups in total. The first kappa shape index (κ1) is 22.2. The number of sulfonamides is 1. The molecular formula is C21H34N4O3S. The fourth-order valence-corrected chi connectivity index (χ4v) is 5.44. The molecule has 2 fully saturated rings. The molecule has 1 amide bonds. The van der Waals surface area contributed by atoms with Crippen molar-refractivity contribution in [3.05, 3.63) is 24.3 Å². The number of carbonyl (C=O) groups excluding carboxylic acids is 1. The lowest BCUT2D eigenvalue weighted by Crippen LogP contribution is -2.37. The van der Waals surface area contributed by atoms with Crippen molar-refractivity contribution in [1.82, 2.24) is 14.9 Å². The molecular weight excluding hydrogens is 388 g/mol. The van der Waals surface area contributed by atoms with E-state index in [1.807, 2.05) is 0 Å². The first-order chi connectivity index (χ1) is 13.9. The molecule has 0 unspecified atom stereocenters. The molecule has 0 radical (unpaired) electrons. The van der Waals surface area contributed by atoms with Crippen molar-refractivity contribution in [3.8, 4) is 0 Å². The lowest BCUT2D eigenvalue weighted by Gasteiger charge is -2.29. The van der Waals surface area contributed by atoms with Gasteiger partial charge in [0, 0.05) is 18.8 Å². The van der Waals surface area contributed by atoms with Crippen molar-refractivity contribution < 1.29 is 13.2 Å². The minimum absolute atomic E-state index is 0.115. The van der Waals surface area contributed by atoms with Crippen molar-refractivity contribution in [3.63, 3.8) is 0 Å². The van der Waals surface area contributed by atoms with E-state index in [0.717, 1.165) is 44.8 Å². The highest BCUT2D eigenvalue weighted by molar-refractivity contribution is 7.89. The molecule has 2 aliphatic heterocycles. The molecule has 0 bridgehead atoms. The number of amides is 1. The summed E-state index contributed by atoms with van der Waals surface area (Å²) in [6.07, 6.45) is 5.31. The molecule has 2 saturated heterocycles. The van der Waals surface area contributed by atoms with Gasteiger partial charge in [-0.25, -0.2) is 8.42 Å². The minimum atomic E-state index is -3.46. The molecule has 0 saturated carbocycles. The Kier molecular flexibility index (Phi) is 8.06. The van der Waals surface area contributed by atoms with E-state index in [9.17, 15) is 13.2 Å². The molecule has 0 atom stereocenters. The van der Waals surface area contributed by atoms with Gasteiger partial charge in [0.05, 0.1) is 11.4 Å². The Balaban J connectivity index is 1.43. The number of nitrogens with one attached hydrogen (secondary N) is 3. The molecule has 3 rings (SSSR count). The fraction of sp³-hybridized carbons (Fsp3) is 0.667. The third-order valence-electron chi connectivity index (χ3n) is 5.99. The second-order valence-corrected chi connectivity index (χ2v) is 10.3. The number of hydrogen-bond acceptors (Lipinski definition) is 5. The second kappa shape index (κ2) is 10.5. The van der Waals surface area contributed by atoms with E-state index < -0.39 is 10.0 Å². The van der Waals surface area contributed by atoms with Gasteiger partial charge in [-0.3, -0.25) is 4.79 Å². The maximum Gasteiger partial charge on any atom is 0.243 e. The fourth-order valence-electron chi connectivity index (χ4n) is 3.97. The van der Waals surface area contributed by atoms with Crippen LogP contribution in [0.1, 0.15) is 39.0 Å². The number of anilines is 1. The summed E-state index contributed by atoms with van der Waals surface area (Å²) in [5.74, 6) is 1.20. The molecule has 7 nitrogen and oxygen atoms in total. The zero-order valence-corrected chi connectivity index (χ0v) is 18.1. The average Bonchev–Trinajstić information content (AvgIpc) is 2.73. The molecule has 29 heavy (non-hydrogen) atoms. The molecule has 0 aromatic heterocycles. The normalized spacial score (nSPS) is 19.9. The summed E-state index contributed by atoms with van der Waals surface area (Å²) in [4.78, 5) is 12.4. The van der Waals surface area contributed by atoms with Crippen molar-refractivity contribution in [2.45, 2.75) is 43.9 Å². The maximum absolute atomic E-state index is 12.8. The second-order valence-electron chi connectivity index (χ2n) is 8.32. The number of rotatable bonds is 8. The number of hydrogen-bond donors (Lipinski definition) is 3. The van der Waals surface area contributed by atoms with Crippen LogP contribution in [0.5, 0.6) is 0 Å². The Labute approximate surface area is 174 Å². The highest BCUT2D eigenvalue weighted by atomic mass is 32.2. The van der Waals surface area contributed by atoms with Gasteiger partial charge in [-0.15, -0.1) is 0 Å². The number of benzene rings is 1. The summed E-state index contributed by atoms with van der Waals surface area (Å²) >= 11 is 0. The quantitative estimate of drug-likeness (QED) is 0.558. The molecule has 2 heterocycles. The topological polar surface area (TPSA) is 90.5 Å². The highest BCUT2D eigenvalue weighted by Gasteiger charge is 2.27. The van der Waals surface area contributed by atoms with Crippen LogP contribution in [0, 0.1) is 11.8 Å². The lowest BCUT2D eigenvalue weighted by atomic mass is 9.95. The van der Waals surface area contributed by atoms with E-state index in [-0.39, 0.29) is 17.3 Å². The van der Waals surface area contributed by atoms with Gasteiger partial charge in [0.25, 0.3) is 0 Å². The van der Waals surface area contributed by atoms with Crippen molar-refractivity contribution in [2.75, 3.05) is 44.6 Å². The van der Waals surface area contributed by atoms with Crippen LogP contribution < -0.4 is 16.0 Å². The first-order valence-corrected chi connectivity index (χ1v) is 12.2. The SMILES string of the molecule is CC1CCN(S(=O)(=O)c2ccc(NC(=O)CNCCC3CCNCC3)cc2)CC1. The Morgan fingerprint density at radius 2 is 1.76 bits per heavy atom. The number of nitrogens with zero attached hydrogens (tertiary/aromatic N) is 1. The summed E-state index contributed by atoms with van der Waals surface area (Å²) < 4.78 is 27.1. The summed E-state index contributed by atoms with van der Waals surface area (Å²) in [5.41, 5.74) is 0.612. The van der Waals surface area contributed by atoms with E-state index in [1.165, 1.54) is 12.8 Å². The van der Waals surface area contributed by atoms with Crippen LogP contribution in [0.3, 0.4) is 0 Å². The predicted octanol–water partition coefficient (Wildman–Crippen LogP) is 2.03. The Bertz CT molecular complexity index is 753. The summed E-state index contributed by atoms with van der Waals surface area (Å²) in [6, 6.07) is 6.47. The van der Waals surface area contributed by atoms with Crippen LogP contribution in [0.4, 0.5) is 5.69 Å². The number of piperidine rings is 2. The average molecular weight is 423 g/mol. The standard InChI is InChI=1S/C21H34N4O3S/c1-17-9-14-25(15-10-17)29(27,28)20-4-2-19(3-5-20)24-21(26)16-23-13-8-18-6-11-22-12-7-18/h2-5,17-18,22-23H,6-16H2,1H3,(H,24,26). The van der Waals surface area contributed by atoms with Gasteiger partial charge in [-0.05, 0) is 87.8 Å². The van der Waals surface area contributed by atoms with Gasteiger partial charge in [0.2, 0.25) is 15.9 Å². The third-order valence-corrected chi connectivity index (χ3v) is 7.90. The van der Waals surface area contributed by atoms with E-state index in [0.29, 0.717) is 24.7 Å². The molecule has 0 spiro atoms. The molecule has 0 aliphatic carbocycles. The summed E-state index contributed by atoms with van der Waals surface area (Å²) in [7, 11) is -3.46. The molecule has 162 valence electrons. The summed E-state index contributed by atoms with van der Waals surface area (Å²) in [6.45, 7) is 6.59. The van der Waals surface area contributed by atoms with Gasteiger partial charge >= 0.3 is 0 Å². The molecule has 1 aromatic rings. The molecule has 1 aromatic carbocycles. The maximum atomic E-state index is 12.8. The van der Waals surface area contributed by atoms with Crippen molar-refractivity contribution in [2.24, 2.45) is 11.8 Å². The zero-order chi connectivity index (χ0) is 20.7. The molecule has 2 aliphatic rings. The monoisotopic (exact) mass is 422 g/mol. The first-order valence-electron chi connectivity index (χ1n) is 10.8. The Morgan fingerprint density at radius 3 is 2.41 bits per heavy atom. The third kappa shape index (κ3) is 6.50. The van der Waals surface area contributed by atoms with Gasteiger partial charge in [0.1, 0.15) is 0 Å². The lowest BCUT2D eigenvalue weighted by molar-refractivity contribution is -0.115. The van der Waals surface area contributed by atoms with Crippen molar-refractivity contribution >= 4 is 21.6 Å². The Morgan fingerprint density at radius 1 is 1.10 bits per heavy atom. The van der Waals surface area contributed by atoms with E-state index in [4.69, 9.17) is 0 Å². The van der Waals surface area contributed by atoms with Crippen LogP contribution in [0.25, 0.3) is 0 Å². The highest BCUT2D eigenvalue weighted by Crippen LogP contribution is 2.24. The van der Waals surface area contributed by atoms with Crippen LogP contribution >= 0.6 is 0 Å². The Hall–Kier alpha value is -1.48. The van der Waals surface area contributed by atoms with Gasteiger partial charge in [-0.1, -0.05) is 6.92 Å². The molecule has 8 heteroatoms.